The maximum absolute atomic E-state index is 12.0. The number of hydrogen-bond donors (Lipinski definition) is 1. The van der Waals surface area contributed by atoms with Crippen molar-refractivity contribution in [2.75, 3.05) is 20.3 Å². The summed E-state index contributed by atoms with van der Waals surface area (Å²) in [5, 5.41) is 2.90. The molecule has 0 fully saturated rings. The number of hydrogen-bond acceptors (Lipinski definition) is 4. The summed E-state index contributed by atoms with van der Waals surface area (Å²) in [7, 11) is 1.68. The average Bonchev–Trinajstić information content (AvgIpc) is 2.88. The zero-order valence-corrected chi connectivity index (χ0v) is 14.0. The van der Waals surface area contributed by atoms with Crippen LogP contribution in [0, 0.1) is 13.8 Å². The molecule has 1 N–H and O–H groups in total. The molecule has 124 valence electrons. The third-order valence-electron chi connectivity index (χ3n) is 3.58. The lowest BCUT2D eigenvalue weighted by Gasteiger charge is -2.03. The fraction of sp³-hybridized carbons (Fsp3) is 0.444. The SMILES string of the molecule is COCCCCNC(=O)Cc1nc(-c2cccc(C)c2)oc1C. The Hall–Kier alpha value is -2.14. The van der Waals surface area contributed by atoms with Gasteiger partial charge in [0.15, 0.2) is 0 Å². The monoisotopic (exact) mass is 316 g/mol. The van der Waals surface area contributed by atoms with Gasteiger partial charge in [0.1, 0.15) is 5.76 Å². The molecular formula is C18H24N2O3. The minimum Gasteiger partial charge on any atom is -0.441 e. The predicted octanol–water partition coefficient (Wildman–Crippen LogP) is 3.04. The van der Waals surface area contributed by atoms with Gasteiger partial charge in [0.05, 0.1) is 12.1 Å². The molecule has 0 aliphatic rings. The second-order valence-corrected chi connectivity index (χ2v) is 5.62. The van der Waals surface area contributed by atoms with E-state index in [1.165, 1.54) is 0 Å². The lowest BCUT2D eigenvalue weighted by molar-refractivity contribution is -0.120. The van der Waals surface area contributed by atoms with Crippen molar-refractivity contribution >= 4 is 5.91 Å². The molecule has 23 heavy (non-hydrogen) atoms. The van der Waals surface area contributed by atoms with Crippen LogP contribution in [0.5, 0.6) is 0 Å². The molecule has 2 aromatic rings. The number of benzene rings is 1. The van der Waals surface area contributed by atoms with Gasteiger partial charge in [-0.15, -0.1) is 0 Å². The number of nitrogens with zero attached hydrogens (tertiary/aromatic N) is 1. The van der Waals surface area contributed by atoms with E-state index in [4.69, 9.17) is 9.15 Å². The Morgan fingerprint density at radius 3 is 2.87 bits per heavy atom. The van der Waals surface area contributed by atoms with Crippen LogP contribution < -0.4 is 5.32 Å². The summed E-state index contributed by atoms with van der Waals surface area (Å²) < 4.78 is 10.7. The normalized spacial score (nSPS) is 10.7. The minimum atomic E-state index is -0.0328. The van der Waals surface area contributed by atoms with Crippen LogP contribution in [-0.2, 0) is 16.0 Å². The summed E-state index contributed by atoms with van der Waals surface area (Å²) in [6, 6.07) is 7.97. The number of carbonyl (C=O) groups excluding carboxylic acids is 1. The molecule has 5 nitrogen and oxygen atoms in total. The molecule has 1 aromatic carbocycles. The van der Waals surface area contributed by atoms with Gasteiger partial charge < -0.3 is 14.5 Å². The highest BCUT2D eigenvalue weighted by Gasteiger charge is 2.14. The molecule has 0 saturated carbocycles. The van der Waals surface area contributed by atoms with Crippen molar-refractivity contribution in [2.24, 2.45) is 0 Å². The van der Waals surface area contributed by atoms with Crippen molar-refractivity contribution in [3.63, 3.8) is 0 Å². The van der Waals surface area contributed by atoms with Gasteiger partial charge in [0.25, 0.3) is 0 Å². The second-order valence-electron chi connectivity index (χ2n) is 5.62. The summed E-state index contributed by atoms with van der Waals surface area (Å²) in [4.78, 5) is 16.4. The Kier molecular flexibility index (Phi) is 6.35. The molecule has 0 spiro atoms. The first-order valence-corrected chi connectivity index (χ1v) is 7.89. The first kappa shape index (κ1) is 17.2. The Balaban J connectivity index is 1.92. The minimum absolute atomic E-state index is 0.0328. The van der Waals surface area contributed by atoms with Crippen molar-refractivity contribution < 1.29 is 13.9 Å². The van der Waals surface area contributed by atoms with E-state index in [9.17, 15) is 4.79 Å². The van der Waals surface area contributed by atoms with Gasteiger partial charge in [-0.1, -0.05) is 17.7 Å². The number of nitrogens with one attached hydrogen (secondary N) is 1. The maximum atomic E-state index is 12.0. The van der Waals surface area contributed by atoms with E-state index in [1.54, 1.807) is 7.11 Å². The van der Waals surface area contributed by atoms with E-state index in [1.807, 2.05) is 38.1 Å². The zero-order valence-electron chi connectivity index (χ0n) is 14.0. The molecule has 0 bridgehead atoms. The van der Waals surface area contributed by atoms with Gasteiger partial charge in [-0.2, -0.15) is 0 Å². The van der Waals surface area contributed by atoms with Crippen molar-refractivity contribution in [3.8, 4) is 11.5 Å². The zero-order chi connectivity index (χ0) is 16.7. The molecule has 0 aliphatic carbocycles. The molecule has 1 aromatic heterocycles. The smallest absolute Gasteiger partial charge is 0.226 e. The van der Waals surface area contributed by atoms with Gasteiger partial charge in [0.2, 0.25) is 11.8 Å². The van der Waals surface area contributed by atoms with Gasteiger partial charge in [-0.25, -0.2) is 4.98 Å². The number of amides is 1. The van der Waals surface area contributed by atoms with Crippen LogP contribution in [0.3, 0.4) is 0 Å². The van der Waals surface area contributed by atoms with Crippen molar-refractivity contribution in [3.05, 3.63) is 41.3 Å². The highest BCUT2D eigenvalue weighted by Crippen LogP contribution is 2.22. The van der Waals surface area contributed by atoms with Crippen LogP contribution in [0.1, 0.15) is 29.9 Å². The van der Waals surface area contributed by atoms with E-state index in [2.05, 4.69) is 10.3 Å². The van der Waals surface area contributed by atoms with Gasteiger partial charge in [-0.3, -0.25) is 4.79 Å². The summed E-state index contributed by atoms with van der Waals surface area (Å²) in [6.07, 6.45) is 2.09. The fourth-order valence-corrected chi connectivity index (χ4v) is 2.31. The van der Waals surface area contributed by atoms with Crippen molar-refractivity contribution in [1.82, 2.24) is 10.3 Å². The van der Waals surface area contributed by atoms with Crippen LogP contribution in [0.15, 0.2) is 28.7 Å². The molecule has 0 aliphatic heterocycles. The summed E-state index contributed by atoms with van der Waals surface area (Å²) in [6.45, 7) is 5.24. The highest BCUT2D eigenvalue weighted by molar-refractivity contribution is 5.78. The van der Waals surface area contributed by atoms with E-state index in [-0.39, 0.29) is 12.3 Å². The van der Waals surface area contributed by atoms with E-state index < -0.39 is 0 Å². The quantitative estimate of drug-likeness (QED) is 0.760. The molecule has 0 radical (unpaired) electrons. The number of aryl methyl sites for hydroxylation is 2. The van der Waals surface area contributed by atoms with Gasteiger partial charge >= 0.3 is 0 Å². The first-order valence-electron chi connectivity index (χ1n) is 7.89. The molecule has 0 unspecified atom stereocenters. The lowest BCUT2D eigenvalue weighted by Crippen LogP contribution is -2.26. The van der Waals surface area contributed by atoms with Crippen molar-refractivity contribution in [1.29, 1.82) is 0 Å². The fourth-order valence-electron chi connectivity index (χ4n) is 2.31. The maximum Gasteiger partial charge on any atom is 0.226 e. The number of unbranched alkanes of at least 4 members (excludes halogenated alkanes) is 1. The molecular weight excluding hydrogens is 292 g/mol. The van der Waals surface area contributed by atoms with E-state index in [0.717, 1.165) is 30.6 Å². The van der Waals surface area contributed by atoms with Crippen LogP contribution >= 0.6 is 0 Å². The Bertz CT molecular complexity index is 649. The van der Waals surface area contributed by atoms with Crippen LogP contribution in [0.2, 0.25) is 0 Å². The molecule has 5 heteroatoms. The standard InChI is InChI=1S/C18H24N2O3/c1-13-7-6-8-15(11-13)18-20-16(14(2)23-18)12-17(21)19-9-4-5-10-22-3/h6-8,11H,4-5,9-10,12H2,1-3H3,(H,19,21). The van der Waals surface area contributed by atoms with Crippen molar-refractivity contribution in [2.45, 2.75) is 33.1 Å². The van der Waals surface area contributed by atoms with E-state index >= 15 is 0 Å². The molecule has 2 rings (SSSR count). The first-order chi connectivity index (χ1) is 11.1. The number of oxazole rings is 1. The molecule has 0 atom stereocenters. The summed E-state index contributed by atoms with van der Waals surface area (Å²) in [5.41, 5.74) is 2.77. The Morgan fingerprint density at radius 1 is 1.30 bits per heavy atom. The van der Waals surface area contributed by atoms with Crippen LogP contribution in [-0.4, -0.2) is 31.2 Å². The highest BCUT2D eigenvalue weighted by atomic mass is 16.5. The summed E-state index contributed by atoms with van der Waals surface area (Å²) in [5.74, 6) is 1.22. The number of carbonyl (C=O) groups is 1. The predicted molar refractivity (Wildman–Crippen MR) is 89.2 cm³/mol. The lowest BCUT2D eigenvalue weighted by atomic mass is 10.1. The van der Waals surface area contributed by atoms with Gasteiger partial charge in [0, 0.05) is 25.8 Å². The largest absolute Gasteiger partial charge is 0.441 e. The number of ether oxygens (including phenoxy) is 1. The van der Waals surface area contributed by atoms with Gasteiger partial charge in [-0.05, 0) is 38.8 Å². The number of methoxy groups -OCH3 is 1. The number of rotatable bonds is 8. The third kappa shape index (κ3) is 5.21. The van der Waals surface area contributed by atoms with E-state index in [0.29, 0.717) is 23.9 Å². The second kappa shape index (κ2) is 8.48. The van der Waals surface area contributed by atoms with Crippen LogP contribution in [0.25, 0.3) is 11.5 Å². The number of aromatic nitrogens is 1. The molecule has 1 heterocycles. The topological polar surface area (TPSA) is 64.4 Å². The molecule has 1 amide bonds. The average molecular weight is 316 g/mol. The summed E-state index contributed by atoms with van der Waals surface area (Å²) >= 11 is 0. The Labute approximate surface area is 137 Å². The third-order valence-corrected chi connectivity index (χ3v) is 3.58. The molecule has 0 saturated heterocycles. The Morgan fingerprint density at radius 2 is 2.13 bits per heavy atom. The van der Waals surface area contributed by atoms with Crippen LogP contribution in [0.4, 0.5) is 0 Å².